The number of alkyl carbamates (subject to hydrolysis) is 1. The first-order valence-electron chi connectivity index (χ1n) is 11.7. The number of nitrogens with two attached hydrogens (primary N) is 1. The molecular formula is C27H34N2O6. The van der Waals surface area contributed by atoms with E-state index in [1.165, 1.54) is 0 Å². The van der Waals surface area contributed by atoms with Crippen LogP contribution in [0.2, 0.25) is 0 Å². The van der Waals surface area contributed by atoms with E-state index in [0.29, 0.717) is 0 Å². The van der Waals surface area contributed by atoms with E-state index in [9.17, 15) is 19.5 Å². The van der Waals surface area contributed by atoms with Crippen molar-refractivity contribution in [3.05, 3.63) is 59.7 Å². The van der Waals surface area contributed by atoms with Crippen LogP contribution in [0.5, 0.6) is 0 Å². The first kappa shape index (κ1) is 26.2. The maximum Gasteiger partial charge on any atom is 0.407 e. The molecule has 4 N–H and O–H groups in total. The first-order valence-corrected chi connectivity index (χ1v) is 11.7. The fourth-order valence-corrected chi connectivity index (χ4v) is 4.62. The summed E-state index contributed by atoms with van der Waals surface area (Å²) in [6.07, 6.45) is -0.888. The number of rotatable bonds is 8. The third kappa shape index (κ3) is 6.00. The number of fused-ring (bicyclic) bond motifs is 3. The Kier molecular flexibility index (Phi) is 7.85. The smallest absolute Gasteiger partial charge is 0.407 e. The summed E-state index contributed by atoms with van der Waals surface area (Å²) in [5.41, 5.74) is 9.61. The molecule has 1 amide bonds. The molecule has 3 unspecified atom stereocenters. The summed E-state index contributed by atoms with van der Waals surface area (Å²) in [7, 11) is 0. The second-order valence-electron chi connectivity index (χ2n) is 10.2. The van der Waals surface area contributed by atoms with Crippen LogP contribution in [-0.4, -0.2) is 47.4 Å². The van der Waals surface area contributed by atoms with Crippen LogP contribution >= 0.6 is 0 Å². The largest absolute Gasteiger partial charge is 0.480 e. The molecule has 0 saturated carbocycles. The van der Waals surface area contributed by atoms with Crippen molar-refractivity contribution < 1.29 is 29.0 Å². The Bertz CT molecular complexity index is 1050. The van der Waals surface area contributed by atoms with Gasteiger partial charge in [-0.3, -0.25) is 4.79 Å². The van der Waals surface area contributed by atoms with Gasteiger partial charge in [-0.15, -0.1) is 0 Å². The lowest BCUT2D eigenvalue weighted by molar-refractivity contribution is -0.159. The van der Waals surface area contributed by atoms with Crippen molar-refractivity contribution in [3.63, 3.8) is 0 Å². The molecule has 2 aromatic carbocycles. The Morgan fingerprint density at radius 1 is 1.00 bits per heavy atom. The Balaban J connectivity index is 1.73. The van der Waals surface area contributed by atoms with Gasteiger partial charge < -0.3 is 25.6 Å². The molecule has 0 bridgehead atoms. The number of hydrogen-bond donors (Lipinski definition) is 3. The van der Waals surface area contributed by atoms with Gasteiger partial charge in [-0.1, -0.05) is 62.4 Å². The van der Waals surface area contributed by atoms with Crippen LogP contribution in [0, 0.1) is 11.8 Å². The Morgan fingerprint density at radius 2 is 1.51 bits per heavy atom. The lowest BCUT2D eigenvalue weighted by Gasteiger charge is -2.33. The van der Waals surface area contributed by atoms with Crippen molar-refractivity contribution in [2.75, 3.05) is 6.61 Å². The zero-order valence-electron chi connectivity index (χ0n) is 20.8. The van der Waals surface area contributed by atoms with Gasteiger partial charge in [0.25, 0.3) is 0 Å². The van der Waals surface area contributed by atoms with E-state index >= 15 is 0 Å². The molecule has 0 spiro atoms. The maximum atomic E-state index is 12.7. The highest BCUT2D eigenvalue weighted by Crippen LogP contribution is 2.44. The lowest BCUT2D eigenvalue weighted by atomic mass is 9.82. The topological polar surface area (TPSA) is 128 Å². The van der Waals surface area contributed by atoms with Crippen molar-refractivity contribution in [1.29, 1.82) is 0 Å². The quantitative estimate of drug-likeness (QED) is 0.487. The van der Waals surface area contributed by atoms with E-state index in [0.717, 1.165) is 22.3 Å². The molecule has 1 aliphatic rings. The van der Waals surface area contributed by atoms with Gasteiger partial charge in [0, 0.05) is 11.8 Å². The second kappa shape index (κ2) is 10.5. The van der Waals surface area contributed by atoms with Crippen molar-refractivity contribution in [2.24, 2.45) is 17.6 Å². The minimum absolute atomic E-state index is 0.0384. The van der Waals surface area contributed by atoms with Gasteiger partial charge in [-0.2, -0.15) is 0 Å². The summed E-state index contributed by atoms with van der Waals surface area (Å²) in [4.78, 5) is 37.4. The SMILES string of the molecule is CC(C)C(C(N)C(=O)OC(C)(C)C)C(NC(=O)OCC1c2ccccc2-c2ccccc21)C(=O)O. The van der Waals surface area contributed by atoms with Gasteiger partial charge in [0.15, 0.2) is 0 Å². The number of hydrogen-bond acceptors (Lipinski definition) is 6. The molecule has 2 aromatic rings. The molecule has 0 aliphatic heterocycles. The molecule has 8 heteroatoms. The number of aliphatic carboxylic acids is 1. The predicted molar refractivity (Wildman–Crippen MR) is 132 cm³/mol. The van der Waals surface area contributed by atoms with E-state index in [1.54, 1.807) is 34.6 Å². The van der Waals surface area contributed by atoms with E-state index in [4.69, 9.17) is 15.2 Å². The fraction of sp³-hybridized carbons (Fsp3) is 0.444. The highest BCUT2D eigenvalue weighted by atomic mass is 16.6. The van der Waals surface area contributed by atoms with Crippen LogP contribution in [0.1, 0.15) is 51.7 Å². The van der Waals surface area contributed by atoms with Gasteiger partial charge >= 0.3 is 18.0 Å². The van der Waals surface area contributed by atoms with E-state index in [-0.39, 0.29) is 18.4 Å². The third-order valence-corrected chi connectivity index (χ3v) is 6.13. The maximum absolute atomic E-state index is 12.7. The van der Waals surface area contributed by atoms with Gasteiger partial charge in [0.2, 0.25) is 0 Å². The molecule has 188 valence electrons. The fourth-order valence-electron chi connectivity index (χ4n) is 4.62. The van der Waals surface area contributed by atoms with E-state index in [1.807, 2.05) is 48.5 Å². The molecule has 3 rings (SSSR count). The Morgan fingerprint density at radius 3 is 1.97 bits per heavy atom. The molecule has 0 aromatic heterocycles. The normalized spacial score (nSPS) is 15.5. The summed E-state index contributed by atoms with van der Waals surface area (Å²) in [6, 6.07) is 13.2. The van der Waals surface area contributed by atoms with Crippen molar-refractivity contribution >= 4 is 18.0 Å². The second-order valence-corrected chi connectivity index (χ2v) is 10.2. The van der Waals surface area contributed by atoms with Crippen molar-refractivity contribution in [3.8, 4) is 11.1 Å². The highest BCUT2D eigenvalue weighted by Gasteiger charge is 2.41. The molecule has 3 atom stereocenters. The average Bonchev–Trinajstić information content (AvgIpc) is 3.09. The number of ether oxygens (including phenoxy) is 2. The molecule has 0 radical (unpaired) electrons. The number of nitrogens with one attached hydrogen (secondary N) is 1. The van der Waals surface area contributed by atoms with Gasteiger partial charge in [0.1, 0.15) is 24.3 Å². The van der Waals surface area contributed by atoms with Gasteiger partial charge in [0.05, 0.1) is 0 Å². The number of esters is 1. The summed E-state index contributed by atoms with van der Waals surface area (Å²) < 4.78 is 10.8. The molecule has 0 heterocycles. The van der Waals surface area contributed by atoms with Gasteiger partial charge in [-0.05, 0) is 48.9 Å². The minimum atomic E-state index is -1.44. The van der Waals surface area contributed by atoms with E-state index < -0.39 is 41.6 Å². The van der Waals surface area contributed by atoms with Crippen LogP contribution < -0.4 is 11.1 Å². The Labute approximate surface area is 205 Å². The van der Waals surface area contributed by atoms with Crippen LogP contribution in [0.25, 0.3) is 11.1 Å². The number of carbonyl (C=O) groups is 3. The van der Waals surface area contributed by atoms with Gasteiger partial charge in [-0.25, -0.2) is 9.59 Å². The Hall–Kier alpha value is -3.39. The van der Waals surface area contributed by atoms with Crippen LogP contribution in [0.15, 0.2) is 48.5 Å². The molecular weight excluding hydrogens is 448 g/mol. The number of carboxylic acids is 1. The predicted octanol–water partition coefficient (Wildman–Crippen LogP) is 3.92. The number of benzene rings is 2. The molecule has 1 aliphatic carbocycles. The van der Waals surface area contributed by atoms with Crippen LogP contribution in [-0.2, 0) is 19.1 Å². The van der Waals surface area contributed by atoms with Crippen LogP contribution in [0.4, 0.5) is 4.79 Å². The molecule has 0 fully saturated rings. The molecule has 35 heavy (non-hydrogen) atoms. The minimum Gasteiger partial charge on any atom is -0.480 e. The molecule has 8 nitrogen and oxygen atoms in total. The zero-order chi connectivity index (χ0) is 25.9. The summed E-state index contributed by atoms with van der Waals surface area (Å²) in [6.45, 7) is 8.62. The molecule has 0 saturated heterocycles. The number of amides is 1. The average molecular weight is 483 g/mol. The van der Waals surface area contributed by atoms with E-state index in [2.05, 4.69) is 5.32 Å². The van der Waals surface area contributed by atoms with Crippen LogP contribution in [0.3, 0.4) is 0 Å². The number of carbonyl (C=O) groups excluding carboxylic acids is 2. The lowest BCUT2D eigenvalue weighted by Crippen LogP contribution is -2.56. The first-order chi connectivity index (χ1) is 16.4. The van der Waals surface area contributed by atoms with Crippen molar-refractivity contribution in [1.82, 2.24) is 5.32 Å². The number of carboxylic acid groups (broad SMARTS) is 1. The summed E-state index contributed by atoms with van der Waals surface area (Å²) in [5, 5.41) is 12.3. The summed E-state index contributed by atoms with van der Waals surface area (Å²) >= 11 is 0. The standard InChI is InChI=1S/C27H34N2O6/c1-15(2)21(22(28)25(32)35-27(3,4)5)23(24(30)31)29-26(33)34-14-20-18-12-8-6-10-16(18)17-11-7-9-13-19(17)20/h6-13,15,20-23H,14,28H2,1-5H3,(H,29,33)(H,30,31). The van der Waals surface area contributed by atoms with Crippen molar-refractivity contribution in [2.45, 2.75) is 58.2 Å². The summed E-state index contributed by atoms with van der Waals surface area (Å²) in [5.74, 6) is -3.45. The third-order valence-electron chi connectivity index (χ3n) is 6.13. The zero-order valence-corrected chi connectivity index (χ0v) is 20.8. The highest BCUT2D eigenvalue weighted by molar-refractivity contribution is 5.83. The monoisotopic (exact) mass is 482 g/mol.